The van der Waals surface area contributed by atoms with Gasteiger partial charge >= 0.3 is 0 Å². The van der Waals surface area contributed by atoms with Gasteiger partial charge in [-0.05, 0) is 29.7 Å². The summed E-state index contributed by atoms with van der Waals surface area (Å²) >= 11 is 0. The van der Waals surface area contributed by atoms with E-state index in [1.54, 1.807) is 7.11 Å². The molecule has 4 nitrogen and oxygen atoms in total. The molecule has 102 valence electrons. The van der Waals surface area contributed by atoms with E-state index in [1.165, 1.54) is 5.56 Å². The lowest BCUT2D eigenvalue weighted by Gasteiger charge is -2.13. The van der Waals surface area contributed by atoms with Crippen molar-refractivity contribution in [1.29, 1.82) is 0 Å². The molecule has 2 aromatic rings. The van der Waals surface area contributed by atoms with Gasteiger partial charge in [0.25, 0.3) is 0 Å². The van der Waals surface area contributed by atoms with Crippen molar-refractivity contribution >= 4 is 0 Å². The van der Waals surface area contributed by atoms with Crippen LogP contribution in [0.3, 0.4) is 0 Å². The van der Waals surface area contributed by atoms with Gasteiger partial charge in [-0.3, -0.25) is 0 Å². The molecule has 19 heavy (non-hydrogen) atoms. The Hall–Kier alpha value is -1.81. The second-order valence-corrected chi connectivity index (χ2v) is 4.98. The standard InChI is InChI=1S/C15H21N3O/c1-10(2)13-7-11(5-6-14(13)19-4)15-17-12(8-16)9-18(15)3/h5-7,9-10H,8,16H2,1-4H3. The molecule has 4 heteroatoms. The van der Waals surface area contributed by atoms with Gasteiger partial charge in [-0.25, -0.2) is 4.98 Å². The molecule has 2 N–H and O–H groups in total. The highest BCUT2D eigenvalue weighted by molar-refractivity contribution is 5.60. The number of benzene rings is 1. The summed E-state index contributed by atoms with van der Waals surface area (Å²) < 4.78 is 7.41. The summed E-state index contributed by atoms with van der Waals surface area (Å²) in [5.41, 5.74) is 8.82. The van der Waals surface area contributed by atoms with Crippen molar-refractivity contribution in [2.24, 2.45) is 12.8 Å². The molecule has 0 bridgehead atoms. The highest BCUT2D eigenvalue weighted by Gasteiger charge is 2.12. The minimum absolute atomic E-state index is 0.407. The number of nitrogens with two attached hydrogens (primary N) is 1. The molecule has 0 aliphatic heterocycles. The molecule has 2 rings (SSSR count). The van der Waals surface area contributed by atoms with E-state index in [0.29, 0.717) is 12.5 Å². The normalized spacial score (nSPS) is 11.1. The monoisotopic (exact) mass is 259 g/mol. The number of rotatable bonds is 4. The van der Waals surface area contributed by atoms with Crippen molar-refractivity contribution in [3.05, 3.63) is 35.7 Å². The zero-order valence-corrected chi connectivity index (χ0v) is 12.0. The first kappa shape index (κ1) is 13.6. The topological polar surface area (TPSA) is 53.1 Å². The van der Waals surface area contributed by atoms with E-state index in [9.17, 15) is 0 Å². The molecule has 1 aromatic carbocycles. The van der Waals surface area contributed by atoms with Gasteiger partial charge in [0.05, 0.1) is 12.8 Å². The third kappa shape index (κ3) is 2.63. The maximum Gasteiger partial charge on any atom is 0.140 e. The molecule has 0 fully saturated rings. The maximum atomic E-state index is 5.64. The summed E-state index contributed by atoms with van der Waals surface area (Å²) in [5.74, 6) is 2.26. The van der Waals surface area contributed by atoms with Crippen molar-refractivity contribution < 1.29 is 4.74 Å². The predicted octanol–water partition coefficient (Wildman–Crippen LogP) is 2.68. The number of aryl methyl sites for hydroxylation is 1. The summed E-state index contributed by atoms with van der Waals surface area (Å²) in [6, 6.07) is 6.18. The second-order valence-electron chi connectivity index (χ2n) is 4.98. The maximum absolute atomic E-state index is 5.64. The number of imidazole rings is 1. The first-order chi connectivity index (χ1) is 9.06. The van der Waals surface area contributed by atoms with Gasteiger partial charge in [-0.1, -0.05) is 13.8 Å². The van der Waals surface area contributed by atoms with Crippen LogP contribution in [0.25, 0.3) is 11.4 Å². The largest absolute Gasteiger partial charge is 0.496 e. The van der Waals surface area contributed by atoms with Crippen LogP contribution in [0.4, 0.5) is 0 Å². The average Bonchev–Trinajstić information content (AvgIpc) is 2.79. The van der Waals surface area contributed by atoms with Crippen LogP contribution in [0.2, 0.25) is 0 Å². The van der Waals surface area contributed by atoms with Crippen LogP contribution < -0.4 is 10.5 Å². The van der Waals surface area contributed by atoms with Crippen LogP contribution >= 0.6 is 0 Å². The Morgan fingerprint density at radius 2 is 2.11 bits per heavy atom. The zero-order chi connectivity index (χ0) is 14.0. The molecule has 1 aromatic heterocycles. The summed E-state index contributed by atoms with van der Waals surface area (Å²) in [5, 5.41) is 0. The van der Waals surface area contributed by atoms with E-state index in [0.717, 1.165) is 22.8 Å². The number of aromatic nitrogens is 2. The van der Waals surface area contributed by atoms with Crippen molar-refractivity contribution in [3.8, 4) is 17.1 Å². The fourth-order valence-electron chi connectivity index (χ4n) is 2.22. The van der Waals surface area contributed by atoms with Crippen molar-refractivity contribution in [2.45, 2.75) is 26.3 Å². The number of nitrogens with zero attached hydrogens (tertiary/aromatic N) is 2. The Balaban J connectivity index is 2.50. The summed E-state index contributed by atoms with van der Waals surface area (Å²) in [6.07, 6.45) is 1.97. The van der Waals surface area contributed by atoms with Gasteiger partial charge < -0.3 is 15.0 Å². The van der Waals surface area contributed by atoms with E-state index in [2.05, 4.69) is 24.9 Å². The third-order valence-electron chi connectivity index (χ3n) is 3.25. The number of methoxy groups -OCH3 is 1. The molecule has 0 spiro atoms. The lowest BCUT2D eigenvalue weighted by molar-refractivity contribution is 0.407. The van der Waals surface area contributed by atoms with Gasteiger partial charge in [0.2, 0.25) is 0 Å². The first-order valence-electron chi connectivity index (χ1n) is 6.47. The molecule has 0 aliphatic rings. The Morgan fingerprint density at radius 3 is 2.63 bits per heavy atom. The first-order valence-corrected chi connectivity index (χ1v) is 6.47. The number of ether oxygens (including phenoxy) is 1. The van der Waals surface area contributed by atoms with Crippen molar-refractivity contribution in [2.75, 3.05) is 7.11 Å². The SMILES string of the molecule is COc1ccc(-c2nc(CN)cn2C)cc1C(C)C. The van der Waals surface area contributed by atoms with Gasteiger partial charge in [0.1, 0.15) is 11.6 Å². The molecule has 0 saturated heterocycles. The Labute approximate surface area is 114 Å². The zero-order valence-electron chi connectivity index (χ0n) is 12.0. The van der Waals surface area contributed by atoms with Crippen LogP contribution in [-0.2, 0) is 13.6 Å². The minimum atomic E-state index is 0.407. The van der Waals surface area contributed by atoms with Crippen molar-refractivity contribution in [3.63, 3.8) is 0 Å². The minimum Gasteiger partial charge on any atom is -0.496 e. The molecule has 0 atom stereocenters. The molecule has 0 saturated carbocycles. The van der Waals surface area contributed by atoms with Crippen LogP contribution in [0.15, 0.2) is 24.4 Å². The predicted molar refractivity (Wildman–Crippen MR) is 77.2 cm³/mol. The Kier molecular flexibility index (Phi) is 3.90. The van der Waals surface area contributed by atoms with Gasteiger partial charge in [0, 0.05) is 25.4 Å². The highest BCUT2D eigenvalue weighted by atomic mass is 16.5. The van der Waals surface area contributed by atoms with Crippen LogP contribution in [0.1, 0.15) is 31.0 Å². The van der Waals surface area contributed by atoms with E-state index in [-0.39, 0.29) is 0 Å². The fraction of sp³-hybridized carbons (Fsp3) is 0.400. The molecule has 0 unspecified atom stereocenters. The molecular formula is C15H21N3O. The molecule has 1 heterocycles. The van der Waals surface area contributed by atoms with Gasteiger partial charge in [-0.2, -0.15) is 0 Å². The van der Waals surface area contributed by atoms with E-state index < -0.39 is 0 Å². The summed E-state index contributed by atoms with van der Waals surface area (Å²) in [4.78, 5) is 4.55. The van der Waals surface area contributed by atoms with Gasteiger partial charge in [0.15, 0.2) is 0 Å². The van der Waals surface area contributed by atoms with E-state index in [4.69, 9.17) is 10.5 Å². The van der Waals surface area contributed by atoms with Crippen LogP contribution in [-0.4, -0.2) is 16.7 Å². The quantitative estimate of drug-likeness (QED) is 0.918. The lowest BCUT2D eigenvalue weighted by atomic mass is 9.99. The highest BCUT2D eigenvalue weighted by Crippen LogP contribution is 2.31. The van der Waals surface area contributed by atoms with E-state index in [1.807, 2.05) is 29.9 Å². The fourth-order valence-corrected chi connectivity index (χ4v) is 2.22. The molecule has 0 radical (unpaired) electrons. The number of hydrogen-bond donors (Lipinski definition) is 1. The molecule has 0 aliphatic carbocycles. The lowest BCUT2D eigenvalue weighted by Crippen LogP contribution is -1.97. The smallest absolute Gasteiger partial charge is 0.140 e. The van der Waals surface area contributed by atoms with Gasteiger partial charge in [-0.15, -0.1) is 0 Å². The average molecular weight is 259 g/mol. The van der Waals surface area contributed by atoms with E-state index >= 15 is 0 Å². The Bertz CT molecular complexity index is 573. The van der Waals surface area contributed by atoms with Crippen LogP contribution in [0.5, 0.6) is 5.75 Å². The number of hydrogen-bond acceptors (Lipinski definition) is 3. The second kappa shape index (κ2) is 5.45. The summed E-state index contributed by atoms with van der Waals surface area (Å²) in [7, 11) is 3.69. The van der Waals surface area contributed by atoms with Crippen molar-refractivity contribution in [1.82, 2.24) is 9.55 Å². The molecular weight excluding hydrogens is 238 g/mol. The Morgan fingerprint density at radius 1 is 1.37 bits per heavy atom. The third-order valence-corrected chi connectivity index (χ3v) is 3.25. The molecule has 0 amide bonds. The van der Waals surface area contributed by atoms with Crippen LogP contribution in [0, 0.1) is 0 Å². The summed E-state index contributed by atoms with van der Waals surface area (Å²) in [6.45, 7) is 4.78.